The Balaban J connectivity index is 2.18. The third-order valence-corrected chi connectivity index (χ3v) is 3.74. The molecule has 1 aromatic carbocycles. The molecule has 6 nitrogen and oxygen atoms in total. The molecule has 3 rings (SSSR count). The van der Waals surface area contributed by atoms with Crippen molar-refractivity contribution in [1.82, 2.24) is 9.88 Å². The second-order valence-electron chi connectivity index (χ2n) is 4.29. The fourth-order valence-corrected chi connectivity index (χ4v) is 2.68. The number of oxazole rings is 1. The van der Waals surface area contributed by atoms with Gasteiger partial charge in [0.15, 0.2) is 5.58 Å². The molecule has 0 spiro atoms. The number of hydrogen-bond acceptors (Lipinski definition) is 4. The maximum absolute atomic E-state index is 11.9. The van der Waals surface area contributed by atoms with Gasteiger partial charge in [0.25, 0.3) is 0 Å². The fraction of sp³-hybridized carbons (Fsp3) is 0.250. The molecule has 1 fully saturated rings. The number of aromatic nitrogens is 1. The normalized spacial score (nSPS) is 19.7. The summed E-state index contributed by atoms with van der Waals surface area (Å²) >= 11 is 3.29. The van der Waals surface area contributed by atoms with Crippen LogP contribution in [-0.4, -0.2) is 16.4 Å². The van der Waals surface area contributed by atoms with Gasteiger partial charge in [-0.15, -0.1) is 0 Å². The lowest BCUT2D eigenvalue weighted by atomic mass is 10.1. The number of carbonyl (C=O) groups excluding carboxylic acids is 2. The predicted molar refractivity (Wildman–Crippen MR) is 69.6 cm³/mol. The van der Waals surface area contributed by atoms with Crippen molar-refractivity contribution in [2.24, 2.45) is 0 Å². The zero-order chi connectivity index (χ0) is 13.6. The van der Waals surface area contributed by atoms with Gasteiger partial charge in [-0.3, -0.25) is 19.5 Å². The summed E-state index contributed by atoms with van der Waals surface area (Å²) < 4.78 is 7.09. The topological polar surface area (TPSA) is 81.3 Å². The van der Waals surface area contributed by atoms with Gasteiger partial charge < -0.3 is 4.42 Å². The molecule has 1 aromatic heterocycles. The standard InChI is InChI=1S/C12H9BrN2O4/c13-6-2-1-3-7-10(6)19-12(18)15(7)8-4-5-9(16)14-11(8)17/h1-3,8H,4-5H2,(H,14,16,17). The Labute approximate surface area is 115 Å². The monoisotopic (exact) mass is 324 g/mol. The summed E-state index contributed by atoms with van der Waals surface area (Å²) in [4.78, 5) is 34.9. The molecular weight excluding hydrogens is 316 g/mol. The van der Waals surface area contributed by atoms with Crippen molar-refractivity contribution in [1.29, 1.82) is 0 Å². The van der Waals surface area contributed by atoms with Crippen molar-refractivity contribution in [3.8, 4) is 0 Å². The minimum Gasteiger partial charge on any atom is -0.406 e. The lowest BCUT2D eigenvalue weighted by Crippen LogP contribution is -2.43. The molecule has 2 amide bonds. The molecule has 0 bridgehead atoms. The highest BCUT2D eigenvalue weighted by Crippen LogP contribution is 2.27. The van der Waals surface area contributed by atoms with Gasteiger partial charge in [-0.2, -0.15) is 0 Å². The molecule has 1 saturated heterocycles. The SMILES string of the molecule is O=C1CCC(n2c(=O)oc3c(Br)cccc32)C(=O)N1. The van der Waals surface area contributed by atoms with Crippen LogP contribution < -0.4 is 11.1 Å². The third-order valence-electron chi connectivity index (χ3n) is 3.11. The van der Waals surface area contributed by atoms with E-state index in [9.17, 15) is 14.4 Å². The molecule has 0 aliphatic carbocycles. The number of nitrogens with one attached hydrogen (secondary N) is 1. The Hall–Kier alpha value is -1.89. The zero-order valence-corrected chi connectivity index (χ0v) is 11.3. The van der Waals surface area contributed by atoms with Crippen LogP contribution in [0.2, 0.25) is 0 Å². The van der Waals surface area contributed by atoms with Crippen LogP contribution in [0.1, 0.15) is 18.9 Å². The molecule has 2 heterocycles. The Kier molecular flexibility index (Phi) is 2.78. The van der Waals surface area contributed by atoms with Crippen LogP contribution in [0.15, 0.2) is 31.9 Å². The quantitative estimate of drug-likeness (QED) is 0.802. The van der Waals surface area contributed by atoms with Crippen molar-refractivity contribution in [2.75, 3.05) is 0 Å². The van der Waals surface area contributed by atoms with Crippen LogP contribution in [0.25, 0.3) is 11.1 Å². The molecule has 2 aromatic rings. The minimum absolute atomic E-state index is 0.212. The second kappa shape index (κ2) is 4.34. The lowest BCUT2D eigenvalue weighted by molar-refractivity contribution is -0.135. The van der Waals surface area contributed by atoms with E-state index < -0.39 is 17.7 Å². The number of piperidine rings is 1. The number of fused-ring (bicyclic) bond motifs is 1. The highest BCUT2D eigenvalue weighted by Gasteiger charge is 2.31. The Morgan fingerprint density at radius 2 is 2.11 bits per heavy atom. The molecular formula is C12H9BrN2O4. The van der Waals surface area contributed by atoms with Crippen LogP contribution >= 0.6 is 15.9 Å². The number of nitrogens with zero attached hydrogens (tertiary/aromatic N) is 1. The van der Waals surface area contributed by atoms with Crippen LogP contribution in [0.4, 0.5) is 0 Å². The summed E-state index contributed by atoms with van der Waals surface area (Å²) in [7, 11) is 0. The smallest absolute Gasteiger partial charge is 0.406 e. The van der Waals surface area contributed by atoms with Crippen molar-refractivity contribution < 1.29 is 14.0 Å². The van der Waals surface area contributed by atoms with Gasteiger partial charge in [0, 0.05) is 6.42 Å². The van der Waals surface area contributed by atoms with Crippen molar-refractivity contribution >= 4 is 38.8 Å². The number of benzene rings is 1. The van der Waals surface area contributed by atoms with Crippen molar-refractivity contribution in [2.45, 2.75) is 18.9 Å². The number of amides is 2. The molecule has 0 saturated carbocycles. The molecule has 1 aliphatic heterocycles. The first-order valence-electron chi connectivity index (χ1n) is 5.71. The van der Waals surface area contributed by atoms with Gasteiger partial charge in [0.05, 0.1) is 9.99 Å². The fourth-order valence-electron chi connectivity index (χ4n) is 2.25. The predicted octanol–water partition coefficient (Wildman–Crippen LogP) is 1.33. The first-order valence-corrected chi connectivity index (χ1v) is 6.50. The summed E-state index contributed by atoms with van der Waals surface area (Å²) in [6, 6.07) is 4.50. The summed E-state index contributed by atoms with van der Waals surface area (Å²) in [6.45, 7) is 0. The van der Waals surface area contributed by atoms with Gasteiger partial charge in [-0.25, -0.2) is 4.79 Å². The summed E-state index contributed by atoms with van der Waals surface area (Å²) in [5, 5.41) is 2.23. The van der Waals surface area contributed by atoms with E-state index in [1.165, 1.54) is 4.57 Å². The number of hydrogen-bond donors (Lipinski definition) is 1. The molecule has 19 heavy (non-hydrogen) atoms. The average molecular weight is 325 g/mol. The largest absolute Gasteiger partial charge is 0.420 e. The number of carbonyl (C=O) groups is 2. The molecule has 1 N–H and O–H groups in total. The van der Waals surface area contributed by atoms with Gasteiger partial charge >= 0.3 is 5.76 Å². The summed E-state index contributed by atoms with van der Waals surface area (Å²) in [5.74, 6) is -1.39. The van der Waals surface area contributed by atoms with E-state index in [1.54, 1.807) is 18.2 Å². The number of imide groups is 1. The van der Waals surface area contributed by atoms with Crippen molar-refractivity contribution in [3.63, 3.8) is 0 Å². The van der Waals surface area contributed by atoms with Crippen LogP contribution in [0.5, 0.6) is 0 Å². The first kappa shape index (κ1) is 12.2. The average Bonchev–Trinajstić information content (AvgIpc) is 2.68. The van der Waals surface area contributed by atoms with Gasteiger partial charge in [-0.1, -0.05) is 6.07 Å². The molecule has 1 aliphatic rings. The molecule has 0 radical (unpaired) electrons. The summed E-state index contributed by atoms with van der Waals surface area (Å²) in [6.07, 6.45) is 0.509. The van der Waals surface area contributed by atoms with E-state index in [0.717, 1.165) is 0 Å². The Morgan fingerprint density at radius 3 is 2.84 bits per heavy atom. The van der Waals surface area contributed by atoms with E-state index in [4.69, 9.17) is 4.42 Å². The van der Waals surface area contributed by atoms with E-state index in [-0.39, 0.29) is 12.3 Å². The molecule has 1 unspecified atom stereocenters. The maximum atomic E-state index is 11.9. The second-order valence-corrected chi connectivity index (χ2v) is 5.15. The first-order chi connectivity index (χ1) is 9.08. The van der Waals surface area contributed by atoms with Crippen LogP contribution in [0.3, 0.4) is 0 Å². The molecule has 1 atom stereocenters. The lowest BCUT2D eigenvalue weighted by Gasteiger charge is -2.21. The van der Waals surface area contributed by atoms with E-state index >= 15 is 0 Å². The summed E-state index contributed by atoms with van der Waals surface area (Å²) in [5.41, 5.74) is 0.936. The zero-order valence-electron chi connectivity index (χ0n) is 9.68. The number of rotatable bonds is 1. The molecule has 98 valence electrons. The van der Waals surface area contributed by atoms with E-state index in [0.29, 0.717) is 22.0 Å². The van der Waals surface area contributed by atoms with Gasteiger partial charge in [0.2, 0.25) is 11.8 Å². The highest BCUT2D eigenvalue weighted by molar-refractivity contribution is 9.10. The van der Waals surface area contributed by atoms with Crippen LogP contribution in [0, 0.1) is 0 Å². The van der Waals surface area contributed by atoms with E-state index in [1.807, 2.05) is 0 Å². The highest BCUT2D eigenvalue weighted by atomic mass is 79.9. The van der Waals surface area contributed by atoms with E-state index in [2.05, 4.69) is 21.2 Å². The maximum Gasteiger partial charge on any atom is 0.420 e. The Morgan fingerprint density at radius 1 is 1.32 bits per heavy atom. The third kappa shape index (κ3) is 1.90. The molecule has 7 heteroatoms. The minimum atomic E-state index is -0.708. The van der Waals surface area contributed by atoms with Gasteiger partial charge in [0.1, 0.15) is 6.04 Å². The van der Waals surface area contributed by atoms with Crippen molar-refractivity contribution in [3.05, 3.63) is 33.2 Å². The number of halogens is 1. The number of para-hydroxylation sites is 1. The van der Waals surface area contributed by atoms with Gasteiger partial charge in [-0.05, 0) is 34.5 Å². The van der Waals surface area contributed by atoms with Crippen LogP contribution in [-0.2, 0) is 9.59 Å². The Bertz CT molecular complexity index is 746.